The molecule has 4 atom stereocenters. The van der Waals surface area contributed by atoms with Gasteiger partial charge in [-0.15, -0.1) is 0 Å². The lowest BCUT2D eigenvalue weighted by molar-refractivity contribution is -0.144. The molecule has 6 heteroatoms. The second-order valence-electron chi connectivity index (χ2n) is 8.28. The van der Waals surface area contributed by atoms with Crippen molar-refractivity contribution in [2.45, 2.75) is 18.2 Å². The summed E-state index contributed by atoms with van der Waals surface area (Å²) >= 11 is 0. The van der Waals surface area contributed by atoms with Crippen LogP contribution in [0.15, 0.2) is 90.0 Å². The summed E-state index contributed by atoms with van der Waals surface area (Å²) in [4.78, 5) is 14.9. The second kappa shape index (κ2) is 7.50. The van der Waals surface area contributed by atoms with E-state index in [0.29, 0.717) is 6.61 Å². The van der Waals surface area contributed by atoms with Crippen LogP contribution < -0.4 is 14.6 Å². The Kier molecular flexibility index (Phi) is 4.47. The van der Waals surface area contributed by atoms with Gasteiger partial charge in [-0.2, -0.15) is 5.10 Å². The molecule has 3 aliphatic rings. The third kappa shape index (κ3) is 2.83. The van der Waals surface area contributed by atoms with Gasteiger partial charge in [0.15, 0.2) is 6.10 Å². The standard InChI is InChI=1S/C26H23N3O3/c1-31-20-14-12-18(13-15-20)28-24-22-21(16-32-25(24)26(28)30)27-29(19-10-6-3-7-11-19)23(22)17-8-4-2-5-9-17/h2-15,22-25H,16H2,1H3/t22-,23-,24+,25-/m1/s1. The zero-order chi connectivity index (χ0) is 21.7. The molecule has 6 rings (SSSR count). The highest BCUT2D eigenvalue weighted by molar-refractivity contribution is 6.09. The molecule has 0 spiro atoms. The maximum absolute atomic E-state index is 13.1. The highest BCUT2D eigenvalue weighted by atomic mass is 16.5. The monoisotopic (exact) mass is 425 g/mol. The topological polar surface area (TPSA) is 54.4 Å². The van der Waals surface area contributed by atoms with E-state index in [9.17, 15) is 4.79 Å². The third-order valence-corrected chi connectivity index (χ3v) is 6.60. The smallest absolute Gasteiger partial charge is 0.258 e. The summed E-state index contributed by atoms with van der Waals surface area (Å²) in [6.07, 6.45) is -0.442. The first-order chi connectivity index (χ1) is 15.8. The molecule has 32 heavy (non-hydrogen) atoms. The first kappa shape index (κ1) is 19.1. The Morgan fingerprint density at radius 1 is 0.906 bits per heavy atom. The summed E-state index contributed by atoms with van der Waals surface area (Å²) in [6, 6.07) is 28.1. The maximum atomic E-state index is 13.1. The summed E-state index contributed by atoms with van der Waals surface area (Å²) in [6.45, 7) is 0.376. The van der Waals surface area contributed by atoms with Gasteiger partial charge in [-0.3, -0.25) is 9.80 Å². The van der Waals surface area contributed by atoms with Crippen LogP contribution in [0.2, 0.25) is 0 Å². The van der Waals surface area contributed by atoms with Crippen molar-refractivity contribution in [2.24, 2.45) is 11.0 Å². The number of benzene rings is 3. The molecule has 1 amide bonds. The third-order valence-electron chi connectivity index (χ3n) is 6.60. The minimum Gasteiger partial charge on any atom is -0.497 e. The van der Waals surface area contributed by atoms with Crippen LogP contribution in [0.1, 0.15) is 11.6 Å². The molecule has 3 aromatic rings. The Hall–Kier alpha value is -3.64. The SMILES string of the molecule is COc1ccc(N2C(=O)[C@@H]3OCC4=NN(c5ccccc5)[C@H](c5ccccc5)[C@@H]4[C@@H]32)cc1. The summed E-state index contributed by atoms with van der Waals surface area (Å²) in [5.74, 6) is 0.805. The molecule has 0 aliphatic carbocycles. The van der Waals surface area contributed by atoms with Crippen LogP contribution in [0.5, 0.6) is 5.75 Å². The predicted molar refractivity (Wildman–Crippen MR) is 123 cm³/mol. The number of nitrogens with zero attached hydrogens (tertiary/aromatic N) is 3. The van der Waals surface area contributed by atoms with Gasteiger partial charge >= 0.3 is 0 Å². The van der Waals surface area contributed by atoms with E-state index in [4.69, 9.17) is 14.6 Å². The highest BCUT2D eigenvalue weighted by Gasteiger charge is 2.61. The summed E-state index contributed by atoms with van der Waals surface area (Å²) in [5, 5.41) is 7.10. The van der Waals surface area contributed by atoms with Crippen LogP contribution in [0.25, 0.3) is 0 Å². The minimum atomic E-state index is -0.442. The number of methoxy groups -OCH3 is 1. The molecule has 160 valence electrons. The van der Waals surface area contributed by atoms with Crippen molar-refractivity contribution in [3.63, 3.8) is 0 Å². The maximum Gasteiger partial charge on any atom is 0.258 e. The van der Waals surface area contributed by atoms with Crippen LogP contribution in [-0.4, -0.2) is 37.5 Å². The number of β-lactam (4-membered cyclic amide) rings is 1. The zero-order valence-corrected chi connectivity index (χ0v) is 17.7. The summed E-state index contributed by atoms with van der Waals surface area (Å²) < 4.78 is 11.3. The van der Waals surface area contributed by atoms with E-state index < -0.39 is 6.10 Å². The van der Waals surface area contributed by atoms with Crippen LogP contribution in [-0.2, 0) is 9.53 Å². The van der Waals surface area contributed by atoms with Crippen LogP contribution in [0, 0.1) is 5.92 Å². The molecule has 6 nitrogen and oxygen atoms in total. The van der Waals surface area contributed by atoms with Gasteiger partial charge in [-0.1, -0.05) is 48.5 Å². The summed E-state index contributed by atoms with van der Waals surface area (Å²) in [5.41, 5.74) is 4.04. The van der Waals surface area contributed by atoms with Gasteiger partial charge in [0.1, 0.15) is 5.75 Å². The molecule has 0 radical (unpaired) electrons. The van der Waals surface area contributed by atoms with Gasteiger partial charge in [0.05, 0.1) is 43.1 Å². The normalized spacial score (nSPS) is 26.2. The number of ether oxygens (including phenoxy) is 2. The first-order valence-electron chi connectivity index (χ1n) is 10.8. The lowest BCUT2D eigenvalue weighted by Gasteiger charge is -2.53. The lowest BCUT2D eigenvalue weighted by atomic mass is 9.75. The predicted octanol–water partition coefficient (Wildman–Crippen LogP) is 4.04. The molecule has 0 unspecified atom stereocenters. The Bertz CT molecular complexity index is 1160. The molecule has 0 saturated carbocycles. The Morgan fingerprint density at radius 2 is 1.59 bits per heavy atom. The van der Waals surface area contributed by atoms with Crippen molar-refractivity contribution in [2.75, 3.05) is 23.6 Å². The van der Waals surface area contributed by atoms with E-state index in [1.54, 1.807) is 7.11 Å². The average Bonchev–Trinajstić information content (AvgIpc) is 3.24. The number of anilines is 2. The number of rotatable bonds is 4. The Labute approximate surface area is 186 Å². The largest absolute Gasteiger partial charge is 0.497 e. The zero-order valence-electron chi connectivity index (χ0n) is 17.7. The highest BCUT2D eigenvalue weighted by Crippen LogP contribution is 2.49. The lowest BCUT2D eigenvalue weighted by Crippen LogP contribution is -2.72. The molecule has 0 N–H and O–H groups in total. The number of hydrogen-bond acceptors (Lipinski definition) is 5. The molecule has 3 heterocycles. The number of para-hydroxylation sites is 1. The molecular weight excluding hydrogens is 402 g/mol. The van der Waals surface area contributed by atoms with E-state index in [-0.39, 0.29) is 23.9 Å². The molecular formula is C26H23N3O3. The van der Waals surface area contributed by atoms with Crippen LogP contribution >= 0.6 is 0 Å². The van der Waals surface area contributed by atoms with E-state index in [1.807, 2.05) is 53.4 Å². The fraction of sp³-hybridized carbons (Fsp3) is 0.231. The molecule has 3 aromatic carbocycles. The van der Waals surface area contributed by atoms with Crippen molar-refractivity contribution in [3.8, 4) is 5.75 Å². The van der Waals surface area contributed by atoms with Crippen molar-refractivity contribution in [3.05, 3.63) is 90.5 Å². The van der Waals surface area contributed by atoms with Crippen molar-refractivity contribution < 1.29 is 14.3 Å². The molecule has 0 aromatic heterocycles. The van der Waals surface area contributed by atoms with E-state index in [1.165, 1.54) is 5.56 Å². The van der Waals surface area contributed by atoms with Crippen molar-refractivity contribution in [1.29, 1.82) is 0 Å². The second-order valence-corrected chi connectivity index (χ2v) is 8.28. The van der Waals surface area contributed by atoms with E-state index in [2.05, 4.69) is 41.4 Å². The molecule has 2 saturated heterocycles. The number of carbonyl (C=O) groups is 1. The number of carbonyl (C=O) groups excluding carboxylic acids is 1. The van der Waals surface area contributed by atoms with Gasteiger partial charge in [0, 0.05) is 5.69 Å². The van der Waals surface area contributed by atoms with Gasteiger partial charge in [-0.05, 0) is 42.0 Å². The van der Waals surface area contributed by atoms with Crippen LogP contribution in [0.3, 0.4) is 0 Å². The van der Waals surface area contributed by atoms with E-state index >= 15 is 0 Å². The van der Waals surface area contributed by atoms with Crippen molar-refractivity contribution >= 4 is 23.0 Å². The Morgan fingerprint density at radius 3 is 2.28 bits per heavy atom. The summed E-state index contributed by atoms with van der Waals surface area (Å²) in [7, 11) is 1.64. The molecule has 2 fully saturated rings. The fourth-order valence-electron chi connectivity index (χ4n) is 5.13. The number of amides is 1. The Balaban J connectivity index is 1.43. The number of hydrogen-bond donors (Lipinski definition) is 0. The van der Waals surface area contributed by atoms with Gasteiger partial charge < -0.3 is 14.4 Å². The molecule has 3 aliphatic heterocycles. The van der Waals surface area contributed by atoms with E-state index in [0.717, 1.165) is 22.8 Å². The van der Waals surface area contributed by atoms with Crippen LogP contribution in [0.4, 0.5) is 11.4 Å². The number of hydrazone groups is 1. The number of fused-ring (bicyclic) bond motifs is 3. The van der Waals surface area contributed by atoms with Gasteiger partial charge in [-0.25, -0.2) is 0 Å². The van der Waals surface area contributed by atoms with Crippen molar-refractivity contribution in [1.82, 2.24) is 0 Å². The minimum absolute atomic E-state index is 0.00388. The molecule has 0 bridgehead atoms. The van der Waals surface area contributed by atoms with Gasteiger partial charge in [0.2, 0.25) is 0 Å². The first-order valence-corrected chi connectivity index (χ1v) is 10.8. The van der Waals surface area contributed by atoms with Gasteiger partial charge in [0.25, 0.3) is 5.91 Å². The average molecular weight is 425 g/mol. The fourth-order valence-corrected chi connectivity index (χ4v) is 5.13. The quantitative estimate of drug-likeness (QED) is 0.592.